The second-order valence-electron chi connectivity index (χ2n) is 8.57. The highest BCUT2D eigenvalue weighted by Crippen LogP contribution is 2.38. The summed E-state index contributed by atoms with van der Waals surface area (Å²) in [4.78, 5) is 30.8. The van der Waals surface area contributed by atoms with E-state index in [9.17, 15) is 14.0 Å². The SMILES string of the molecule is C/C=C(\NC(=NC)C(=O)N(C)CCCC1OC(=O)Nc2ccc(Cl)c(F)c21)C(COC)c1ccccc1. The Morgan fingerprint density at radius 3 is 2.70 bits per heavy atom. The number of aliphatic imine (C=N–C) groups is 1. The molecule has 0 saturated heterocycles. The molecule has 10 heteroatoms. The first-order valence-electron chi connectivity index (χ1n) is 12.0. The maximum absolute atomic E-state index is 14.7. The molecule has 0 aliphatic carbocycles. The fourth-order valence-electron chi connectivity index (χ4n) is 4.24. The summed E-state index contributed by atoms with van der Waals surface area (Å²) in [6.45, 7) is 2.65. The number of carbonyl (C=O) groups excluding carboxylic acids is 2. The summed E-state index contributed by atoms with van der Waals surface area (Å²) in [5.74, 6) is -0.851. The molecule has 198 valence electrons. The highest BCUT2D eigenvalue weighted by atomic mass is 35.5. The fourth-order valence-corrected chi connectivity index (χ4v) is 4.40. The number of methoxy groups -OCH3 is 1. The average Bonchev–Trinajstić information content (AvgIpc) is 2.90. The van der Waals surface area contributed by atoms with Gasteiger partial charge in [-0.1, -0.05) is 48.0 Å². The standard InChI is InChI=1S/C27H32ClFN4O4/c1-5-20(18(16-36-4)17-10-7-6-8-11-17)31-25(30-2)26(34)33(3)15-9-12-22-23-21(32-27(35)37-22)14-13-19(28)24(23)29/h5-8,10-11,13-14,18,22H,9,12,15-16H2,1-4H3,(H,30,31)(H,32,35)/b20-5-. The van der Waals surface area contributed by atoms with Crippen LogP contribution >= 0.6 is 11.6 Å². The Morgan fingerprint density at radius 1 is 1.32 bits per heavy atom. The van der Waals surface area contributed by atoms with E-state index >= 15 is 0 Å². The van der Waals surface area contributed by atoms with Gasteiger partial charge < -0.3 is 19.7 Å². The number of halogens is 2. The topological polar surface area (TPSA) is 92.3 Å². The fraction of sp³-hybridized carbons (Fsp3) is 0.370. The van der Waals surface area contributed by atoms with Crippen molar-refractivity contribution < 1.29 is 23.5 Å². The molecule has 2 N–H and O–H groups in total. The van der Waals surface area contributed by atoms with Crippen LogP contribution in [0.3, 0.4) is 0 Å². The molecule has 3 rings (SSSR count). The zero-order chi connectivity index (χ0) is 26.9. The summed E-state index contributed by atoms with van der Waals surface area (Å²) in [6.07, 6.45) is 1.20. The third-order valence-electron chi connectivity index (χ3n) is 6.16. The van der Waals surface area contributed by atoms with Crippen LogP contribution in [0.1, 0.15) is 42.9 Å². The number of likely N-dealkylation sites (N-methyl/N-ethyl adjacent to an activating group) is 1. The van der Waals surface area contributed by atoms with E-state index in [2.05, 4.69) is 15.6 Å². The van der Waals surface area contributed by atoms with Gasteiger partial charge in [-0.05, 0) is 37.5 Å². The van der Waals surface area contributed by atoms with E-state index in [1.54, 1.807) is 27.3 Å². The number of anilines is 1. The van der Waals surface area contributed by atoms with Gasteiger partial charge in [0.2, 0.25) is 0 Å². The Balaban J connectivity index is 1.64. The lowest BCUT2D eigenvalue weighted by Crippen LogP contribution is -2.42. The average molecular weight is 531 g/mol. The van der Waals surface area contributed by atoms with E-state index in [0.29, 0.717) is 31.7 Å². The lowest BCUT2D eigenvalue weighted by atomic mass is 9.96. The van der Waals surface area contributed by atoms with Crippen molar-refractivity contribution in [3.8, 4) is 0 Å². The van der Waals surface area contributed by atoms with Gasteiger partial charge in [0.05, 0.1) is 22.9 Å². The van der Waals surface area contributed by atoms with Crippen molar-refractivity contribution in [2.45, 2.75) is 31.8 Å². The lowest BCUT2D eigenvalue weighted by molar-refractivity contribution is -0.123. The summed E-state index contributed by atoms with van der Waals surface area (Å²) in [5.41, 5.74) is 2.38. The van der Waals surface area contributed by atoms with Crippen LogP contribution in [0.2, 0.25) is 5.02 Å². The summed E-state index contributed by atoms with van der Waals surface area (Å²) in [6, 6.07) is 12.8. The molecular formula is C27H32ClFN4O4. The van der Waals surface area contributed by atoms with Gasteiger partial charge in [-0.25, -0.2) is 9.18 Å². The summed E-state index contributed by atoms with van der Waals surface area (Å²) in [7, 11) is 4.84. The number of nitrogens with one attached hydrogen (secondary N) is 2. The molecule has 0 saturated carbocycles. The van der Waals surface area contributed by atoms with E-state index in [0.717, 1.165) is 11.3 Å². The zero-order valence-electron chi connectivity index (χ0n) is 21.4. The quantitative estimate of drug-likeness (QED) is 0.340. The van der Waals surface area contributed by atoms with Crippen LogP contribution in [0.15, 0.2) is 59.2 Å². The summed E-state index contributed by atoms with van der Waals surface area (Å²) >= 11 is 5.93. The third kappa shape index (κ3) is 6.87. The van der Waals surface area contributed by atoms with Gasteiger partial charge in [0.1, 0.15) is 6.10 Å². The second kappa shape index (κ2) is 13.2. The van der Waals surface area contributed by atoms with Gasteiger partial charge in [-0.3, -0.25) is 15.1 Å². The number of hydrogen-bond donors (Lipinski definition) is 2. The smallest absolute Gasteiger partial charge is 0.412 e. The Morgan fingerprint density at radius 2 is 2.05 bits per heavy atom. The largest absolute Gasteiger partial charge is 0.441 e. The molecular weight excluding hydrogens is 499 g/mol. The lowest BCUT2D eigenvalue weighted by Gasteiger charge is -2.28. The molecule has 2 atom stereocenters. The van der Waals surface area contributed by atoms with E-state index in [1.807, 2.05) is 43.3 Å². The molecule has 2 aromatic rings. The predicted molar refractivity (Wildman–Crippen MR) is 142 cm³/mol. The number of amides is 2. The van der Waals surface area contributed by atoms with Gasteiger partial charge in [0.15, 0.2) is 11.7 Å². The van der Waals surface area contributed by atoms with Crippen molar-refractivity contribution >= 4 is 35.1 Å². The number of allylic oxidation sites excluding steroid dienone is 1. The van der Waals surface area contributed by atoms with Crippen molar-refractivity contribution in [2.24, 2.45) is 4.99 Å². The molecule has 8 nitrogen and oxygen atoms in total. The molecule has 2 amide bonds. The molecule has 2 unspecified atom stereocenters. The van der Waals surface area contributed by atoms with Gasteiger partial charge in [0.25, 0.3) is 5.91 Å². The highest BCUT2D eigenvalue weighted by Gasteiger charge is 2.30. The van der Waals surface area contributed by atoms with Crippen LogP contribution in [0, 0.1) is 5.82 Å². The number of benzene rings is 2. The van der Waals surface area contributed by atoms with Crippen LogP contribution in [0.5, 0.6) is 0 Å². The van der Waals surface area contributed by atoms with Gasteiger partial charge >= 0.3 is 6.09 Å². The van der Waals surface area contributed by atoms with E-state index in [4.69, 9.17) is 21.1 Å². The number of amidine groups is 1. The monoisotopic (exact) mass is 530 g/mol. The number of rotatable bonds is 9. The summed E-state index contributed by atoms with van der Waals surface area (Å²) in [5, 5.41) is 5.63. The minimum atomic E-state index is -0.807. The van der Waals surface area contributed by atoms with Crippen molar-refractivity contribution in [3.05, 3.63) is 76.2 Å². The maximum atomic E-state index is 14.7. The molecule has 0 bridgehead atoms. The van der Waals surface area contributed by atoms with Gasteiger partial charge in [-0.15, -0.1) is 0 Å². The Kier molecular flexibility index (Phi) is 10.0. The normalized spacial score (nSPS) is 16.4. The van der Waals surface area contributed by atoms with Crippen LogP contribution < -0.4 is 10.6 Å². The summed E-state index contributed by atoms with van der Waals surface area (Å²) < 4.78 is 25.4. The Bertz CT molecular complexity index is 1170. The van der Waals surface area contributed by atoms with Crippen LogP contribution in [-0.4, -0.2) is 57.1 Å². The number of nitrogens with zero attached hydrogens (tertiary/aromatic N) is 2. The van der Waals surface area contributed by atoms with Crippen molar-refractivity contribution in [1.29, 1.82) is 0 Å². The molecule has 2 aromatic carbocycles. The number of ether oxygens (including phenoxy) is 2. The van der Waals surface area contributed by atoms with Gasteiger partial charge in [0, 0.05) is 39.4 Å². The van der Waals surface area contributed by atoms with Crippen LogP contribution in [0.4, 0.5) is 14.9 Å². The van der Waals surface area contributed by atoms with Crippen LogP contribution in [-0.2, 0) is 14.3 Å². The van der Waals surface area contributed by atoms with E-state index in [-0.39, 0.29) is 28.2 Å². The minimum absolute atomic E-state index is 0.0484. The molecule has 0 radical (unpaired) electrons. The molecule has 1 heterocycles. The number of cyclic esters (lactones) is 1. The van der Waals surface area contributed by atoms with E-state index in [1.165, 1.54) is 11.0 Å². The van der Waals surface area contributed by atoms with Crippen LogP contribution in [0.25, 0.3) is 0 Å². The number of hydrogen-bond acceptors (Lipinski definition) is 5. The van der Waals surface area contributed by atoms with E-state index < -0.39 is 18.0 Å². The third-order valence-corrected chi connectivity index (χ3v) is 6.45. The Labute approximate surface area is 221 Å². The number of carbonyl (C=O) groups is 2. The Hall–Kier alpha value is -3.43. The molecule has 0 aromatic heterocycles. The molecule has 0 fully saturated rings. The first-order valence-corrected chi connectivity index (χ1v) is 12.3. The number of fused-ring (bicyclic) bond motifs is 1. The molecule has 0 spiro atoms. The highest BCUT2D eigenvalue weighted by molar-refractivity contribution is 6.38. The first-order chi connectivity index (χ1) is 17.8. The van der Waals surface area contributed by atoms with Crippen molar-refractivity contribution in [2.75, 3.05) is 39.7 Å². The molecule has 1 aliphatic rings. The van der Waals surface area contributed by atoms with Crippen molar-refractivity contribution in [3.63, 3.8) is 0 Å². The zero-order valence-corrected chi connectivity index (χ0v) is 22.1. The maximum Gasteiger partial charge on any atom is 0.412 e. The second-order valence-corrected chi connectivity index (χ2v) is 8.98. The van der Waals surface area contributed by atoms with Crippen molar-refractivity contribution in [1.82, 2.24) is 10.2 Å². The first kappa shape index (κ1) is 28.1. The molecule has 1 aliphatic heterocycles. The molecule has 37 heavy (non-hydrogen) atoms. The van der Waals surface area contributed by atoms with Gasteiger partial charge in [-0.2, -0.15) is 0 Å². The predicted octanol–water partition coefficient (Wildman–Crippen LogP) is 5.27. The minimum Gasteiger partial charge on any atom is -0.441 e.